The molecule has 1 aromatic heterocycles. The molecule has 0 saturated heterocycles. The Morgan fingerprint density at radius 3 is 3.00 bits per heavy atom. The number of rotatable bonds is 2. The number of nitriles is 1. The minimum Gasteiger partial charge on any atom is -0.291 e. The van der Waals surface area contributed by atoms with Crippen LogP contribution in [-0.4, -0.2) is 20.7 Å². The Morgan fingerprint density at radius 1 is 1.53 bits per heavy atom. The number of anilines is 1. The van der Waals surface area contributed by atoms with Crippen molar-refractivity contribution >= 4 is 11.9 Å². The molecule has 84 valence electrons. The van der Waals surface area contributed by atoms with Crippen molar-refractivity contribution < 1.29 is 4.79 Å². The Morgan fingerprint density at radius 2 is 2.35 bits per heavy atom. The first-order valence-electron chi connectivity index (χ1n) is 4.86. The molecule has 0 radical (unpaired) electrons. The summed E-state index contributed by atoms with van der Waals surface area (Å²) < 4.78 is 1.45. The van der Waals surface area contributed by atoms with Gasteiger partial charge in [-0.1, -0.05) is 6.07 Å². The van der Waals surface area contributed by atoms with E-state index < -0.39 is 0 Å². The highest BCUT2D eigenvalue weighted by molar-refractivity contribution is 6.03. The fraction of sp³-hybridized carbons (Fsp3) is 0.0909. The first kappa shape index (κ1) is 10.8. The van der Waals surface area contributed by atoms with Gasteiger partial charge in [-0.2, -0.15) is 15.3 Å². The van der Waals surface area contributed by atoms with Crippen LogP contribution in [0.4, 0.5) is 5.95 Å². The number of aryl methyl sites for hydroxylation is 1. The Hall–Kier alpha value is -2.68. The summed E-state index contributed by atoms with van der Waals surface area (Å²) >= 11 is 0. The lowest BCUT2D eigenvalue weighted by molar-refractivity contribution is 0.102. The average molecular weight is 227 g/mol. The molecule has 0 spiro atoms. The maximum atomic E-state index is 11.8. The summed E-state index contributed by atoms with van der Waals surface area (Å²) in [6.45, 7) is 0. The highest BCUT2D eigenvalue weighted by atomic mass is 16.1. The zero-order chi connectivity index (χ0) is 12.3. The van der Waals surface area contributed by atoms with E-state index in [-0.39, 0.29) is 5.91 Å². The fourth-order valence-corrected chi connectivity index (χ4v) is 1.31. The van der Waals surface area contributed by atoms with E-state index in [9.17, 15) is 4.79 Å². The molecule has 0 fully saturated rings. The maximum Gasteiger partial charge on any atom is 0.258 e. The van der Waals surface area contributed by atoms with Crippen LogP contribution in [-0.2, 0) is 7.05 Å². The minimum atomic E-state index is -0.321. The van der Waals surface area contributed by atoms with E-state index in [0.717, 1.165) is 0 Å². The molecule has 0 aliphatic rings. The highest BCUT2D eigenvalue weighted by Crippen LogP contribution is 2.07. The van der Waals surface area contributed by atoms with Crippen LogP contribution in [0.1, 0.15) is 15.9 Å². The number of hydrogen-bond acceptors (Lipinski definition) is 4. The molecular formula is C11H9N5O. The van der Waals surface area contributed by atoms with Gasteiger partial charge in [0.1, 0.15) is 6.33 Å². The van der Waals surface area contributed by atoms with Crippen molar-refractivity contribution in [2.45, 2.75) is 0 Å². The molecular weight excluding hydrogens is 218 g/mol. The highest BCUT2D eigenvalue weighted by Gasteiger charge is 2.09. The van der Waals surface area contributed by atoms with Crippen molar-refractivity contribution in [3.05, 3.63) is 41.7 Å². The van der Waals surface area contributed by atoms with Crippen LogP contribution < -0.4 is 5.32 Å². The van der Waals surface area contributed by atoms with E-state index in [4.69, 9.17) is 5.26 Å². The van der Waals surface area contributed by atoms with E-state index in [0.29, 0.717) is 17.1 Å². The van der Waals surface area contributed by atoms with Crippen LogP contribution in [0.25, 0.3) is 0 Å². The molecule has 2 aromatic rings. The van der Waals surface area contributed by atoms with Gasteiger partial charge in [0.2, 0.25) is 5.95 Å². The Labute approximate surface area is 97.5 Å². The summed E-state index contributed by atoms with van der Waals surface area (Å²) in [5, 5.41) is 15.2. The summed E-state index contributed by atoms with van der Waals surface area (Å²) in [5.74, 6) is 0.0376. The number of aromatic nitrogens is 3. The third kappa shape index (κ3) is 2.29. The number of nitrogens with one attached hydrogen (secondary N) is 1. The molecule has 0 aliphatic carbocycles. The lowest BCUT2D eigenvalue weighted by Crippen LogP contribution is -2.15. The zero-order valence-corrected chi connectivity index (χ0v) is 9.08. The monoisotopic (exact) mass is 227 g/mol. The molecule has 1 N–H and O–H groups in total. The van der Waals surface area contributed by atoms with Crippen molar-refractivity contribution in [1.29, 1.82) is 5.26 Å². The number of carbonyl (C=O) groups excluding carboxylic acids is 1. The van der Waals surface area contributed by atoms with Gasteiger partial charge in [0.05, 0.1) is 11.6 Å². The lowest BCUT2D eigenvalue weighted by atomic mass is 10.1. The van der Waals surface area contributed by atoms with Crippen LogP contribution in [0.2, 0.25) is 0 Å². The van der Waals surface area contributed by atoms with E-state index >= 15 is 0 Å². The third-order valence-electron chi connectivity index (χ3n) is 2.19. The Balaban J connectivity index is 2.21. The fourth-order valence-electron chi connectivity index (χ4n) is 1.31. The Kier molecular flexibility index (Phi) is 2.83. The predicted octanol–water partition coefficient (Wildman–Crippen LogP) is 0.939. The number of nitrogens with zero attached hydrogens (tertiary/aromatic N) is 4. The van der Waals surface area contributed by atoms with E-state index in [1.54, 1.807) is 25.2 Å². The summed E-state index contributed by atoms with van der Waals surface area (Å²) in [4.78, 5) is 15.7. The molecule has 2 rings (SSSR count). The molecule has 0 atom stereocenters. The first-order valence-corrected chi connectivity index (χ1v) is 4.86. The molecule has 1 aromatic carbocycles. The van der Waals surface area contributed by atoms with Gasteiger partial charge >= 0.3 is 0 Å². The van der Waals surface area contributed by atoms with Crippen LogP contribution in [0.5, 0.6) is 0 Å². The van der Waals surface area contributed by atoms with Gasteiger partial charge in [-0.3, -0.25) is 10.1 Å². The zero-order valence-electron chi connectivity index (χ0n) is 9.08. The second-order valence-corrected chi connectivity index (χ2v) is 3.35. The minimum absolute atomic E-state index is 0.321. The number of carbonyl (C=O) groups is 1. The third-order valence-corrected chi connectivity index (χ3v) is 2.19. The van der Waals surface area contributed by atoms with E-state index in [2.05, 4.69) is 15.4 Å². The van der Waals surface area contributed by atoms with Gasteiger partial charge in [0.15, 0.2) is 0 Å². The van der Waals surface area contributed by atoms with Crippen molar-refractivity contribution in [3.63, 3.8) is 0 Å². The summed E-state index contributed by atoms with van der Waals surface area (Å²) in [7, 11) is 1.67. The molecule has 0 unspecified atom stereocenters. The quantitative estimate of drug-likeness (QED) is 0.827. The van der Waals surface area contributed by atoms with Gasteiger partial charge in [-0.05, 0) is 18.2 Å². The van der Waals surface area contributed by atoms with Gasteiger partial charge in [-0.15, -0.1) is 0 Å². The normalized spacial score (nSPS) is 9.65. The maximum absolute atomic E-state index is 11.8. The topological polar surface area (TPSA) is 83.6 Å². The number of amides is 1. The lowest BCUT2D eigenvalue weighted by Gasteiger charge is -2.03. The molecule has 17 heavy (non-hydrogen) atoms. The van der Waals surface area contributed by atoms with Crippen LogP contribution in [0, 0.1) is 11.3 Å². The van der Waals surface area contributed by atoms with Crippen LogP contribution in [0.15, 0.2) is 30.6 Å². The molecule has 0 bridgehead atoms. The predicted molar refractivity (Wildman–Crippen MR) is 60.1 cm³/mol. The van der Waals surface area contributed by atoms with Crippen molar-refractivity contribution in [2.75, 3.05) is 5.32 Å². The molecule has 1 amide bonds. The van der Waals surface area contributed by atoms with Gasteiger partial charge in [0.25, 0.3) is 5.91 Å². The Bertz CT molecular complexity index is 596. The van der Waals surface area contributed by atoms with Crippen molar-refractivity contribution in [1.82, 2.24) is 14.8 Å². The first-order chi connectivity index (χ1) is 8.20. The molecule has 0 aliphatic heterocycles. The number of benzene rings is 1. The molecule has 6 nitrogen and oxygen atoms in total. The smallest absolute Gasteiger partial charge is 0.258 e. The van der Waals surface area contributed by atoms with Crippen LogP contribution in [0.3, 0.4) is 0 Å². The average Bonchev–Trinajstić information content (AvgIpc) is 2.75. The summed E-state index contributed by atoms with van der Waals surface area (Å²) in [6, 6.07) is 8.43. The number of hydrogen-bond donors (Lipinski definition) is 1. The summed E-state index contributed by atoms with van der Waals surface area (Å²) in [5.41, 5.74) is 0.850. The van der Waals surface area contributed by atoms with Crippen molar-refractivity contribution in [2.24, 2.45) is 7.05 Å². The summed E-state index contributed by atoms with van der Waals surface area (Å²) in [6.07, 6.45) is 1.35. The second-order valence-electron chi connectivity index (χ2n) is 3.35. The van der Waals surface area contributed by atoms with Crippen LogP contribution >= 0.6 is 0 Å². The molecule has 0 saturated carbocycles. The molecule has 6 heteroatoms. The molecule has 1 heterocycles. The second kappa shape index (κ2) is 4.45. The van der Waals surface area contributed by atoms with Gasteiger partial charge in [-0.25, -0.2) is 4.68 Å². The van der Waals surface area contributed by atoms with Gasteiger partial charge < -0.3 is 0 Å². The van der Waals surface area contributed by atoms with Crippen molar-refractivity contribution in [3.8, 4) is 6.07 Å². The van der Waals surface area contributed by atoms with E-state index in [1.165, 1.54) is 17.1 Å². The largest absolute Gasteiger partial charge is 0.291 e. The SMILES string of the molecule is Cn1ncnc1NC(=O)c1cccc(C#N)c1. The van der Waals surface area contributed by atoms with E-state index in [1.807, 2.05) is 6.07 Å². The van der Waals surface area contributed by atoms with Gasteiger partial charge in [0, 0.05) is 12.6 Å². The standard InChI is InChI=1S/C11H9N5O/c1-16-11(13-7-14-16)15-10(17)9-4-2-3-8(5-9)6-12/h2-5,7H,1H3,(H,13,14,15,17).